The van der Waals surface area contributed by atoms with Crippen LogP contribution in [0.15, 0.2) is 0 Å². The van der Waals surface area contributed by atoms with E-state index < -0.39 is 0 Å². The quantitative estimate of drug-likeness (QED) is 0.508. The summed E-state index contributed by atoms with van der Waals surface area (Å²) in [6, 6.07) is 0. The summed E-state index contributed by atoms with van der Waals surface area (Å²) in [5, 5.41) is 0. The Hall–Kier alpha value is -0.370. The number of aldehydes is 1. The maximum absolute atomic E-state index is 10.7. The SMILES string of the molecule is O=CC12CCC(COC1)C2. The van der Waals surface area contributed by atoms with Crippen molar-refractivity contribution in [3.63, 3.8) is 0 Å². The highest BCUT2D eigenvalue weighted by atomic mass is 16.5. The topological polar surface area (TPSA) is 26.3 Å². The van der Waals surface area contributed by atoms with E-state index in [1.807, 2.05) is 0 Å². The van der Waals surface area contributed by atoms with Crippen LogP contribution in [0.2, 0.25) is 0 Å². The zero-order valence-electron chi connectivity index (χ0n) is 6.01. The van der Waals surface area contributed by atoms with Gasteiger partial charge in [-0.1, -0.05) is 0 Å². The molecule has 56 valence electrons. The standard InChI is InChI=1S/C8H12O2/c9-5-8-2-1-7(3-8)4-10-6-8/h5,7H,1-4,6H2. The first-order valence-corrected chi connectivity index (χ1v) is 3.89. The number of hydrogen-bond acceptors (Lipinski definition) is 2. The van der Waals surface area contributed by atoms with E-state index in [1.165, 1.54) is 6.42 Å². The molecule has 1 saturated heterocycles. The van der Waals surface area contributed by atoms with Crippen LogP contribution in [0.3, 0.4) is 0 Å². The van der Waals surface area contributed by atoms with E-state index in [4.69, 9.17) is 4.74 Å². The summed E-state index contributed by atoms with van der Waals surface area (Å²) in [6.07, 6.45) is 4.43. The average molecular weight is 140 g/mol. The van der Waals surface area contributed by atoms with Gasteiger partial charge in [-0.2, -0.15) is 0 Å². The number of fused-ring (bicyclic) bond motifs is 2. The molecule has 1 aliphatic carbocycles. The van der Waals surface area contributed by atoms with E-state index in [0.29, 0.717) is 12.5 Å². The maximum atomic E-state index is 10.7. The van der Waals surface area contributed by atoms with E-state index in [9.17, 15) is 4.79 Å². The molecular formula is C8H12O2. The highest BCUT2D eigenvalue weighted by Gasteiger charge is 2.42. The van der Waals surface area contributed by atoms with E-state index in [0.717, 1.165) is 25.7 Å². The van der Waals surface area contributed by atoms with Gasteiger partial charge in [0.1, 0.15) is 6.29 Å². The summed E-state index contributed by atoms with van der Waals surface area (Å²) in [5.41, 5.74) is -0.0666. The van der Waals surface area contributed by atoms with Gasteiger partial charge in [-0.3, -0.25) is 0 Å². The molecule has 2 aliphatic rings. The van der Waals surface area contributed by atoms with Crippen molar-refractivity contribution in [1.82, 2.24) is 0 Å². The summed E-state index contributed by atoms with van der Waals surface area (Å²) in [7, 11) is 0. The van der Waals surface area contributed by atoms with Crippen molar-refractivity contribution in [1.29, 1.82) is 0 Å². The fourth-order valence-electron chi connectivity index (χ4n) is 2.11. The third kappa shape index (κ3) is 0.788. The molecule has 0 aromatic carbocycles. The van der Waals surface area contributed by atoms with Crippen LogP contribution in [-0.4, -0.2) is 19.5 Å². The van der Waals surface area contributed by atoms with Gasteiger partial charge in [-0.15, -0.1) is 0 Å². The number of rotatable bonds is 1. The molecule has 1 heterocycles. The monoisotopic (exact) mass is 140 g/mol. The largest absolute Gasteiger partial charge is 0.380 e. The molecule has 2 unspecified atom stereocenters. The van der Waals surface area contributed by atoms with Gasteiger partial charge in [0.15, 0.2) is 0 Å². The lowest BCUT2D eigenvalue weighted by Crippen LogP contribution is -2.30. The molecule has 2 nitrogen and oxygen atoms in total. The molecule has 10 heavy (non-hydrogen) atoms. The highest BCUT2D eigenvalue weighted by Crippen LogP contribution is 2.43. The first-order chi connectivity index (χ1) is 4.85. The summed E-state index contributed by atoms with van der Waals surface area (Å²) < 4.78 is 5.32. The smallest absolute Gasteiger partial charge is 0.128 e. The molecule has 2 atom stereocenters. The minimum atomic E-state index is -0.0666. The molecule has 0 radical (unpaired) electrons. The lowest BCUT2D eigenvalue weighted by atomic mass is 9.87. The molecular weight excluding hydrogens is 128 g/mol. The van der Waals surface area contributed by atoms with Gasteiger partial charge in [-0.25, -0.2) is 0 Å². The first kappa shape index (κ1) is 6.35. The fourth-order valence-corrected chi connectivity index (χ4v) is 2.11. The predicted octanol–water partition coefficient (Wildman–Crippen LogP) is 1.00. The zero-order chi connectivity index (χ0) is 7.03. The van der Waals surface area contributed by atoms with Gasteiger partial charge < -0.3 is 9.53 Å². The van der Waals surface area contributed by atoms with Gasteiger partial charge in [0.25, 0.3) is 0 Å². The molecule has 2 heteroatoms. The van der Waals surface area contributed by atoms with Gasteiger partial charge in [0.2, 0.25) is 0 Å². The Balaban J connectivity index is 2.16. The molecule has 1 saturated carbocycles. The van der Waals surface area contributed by atoms with Crippen molar-refractivity contribution >= 4 is 6.29 Å². The van der Waals surface area contributed by atoms with Crippen molar-refractivity contribution in [3.8, 4) is 0 Å². The Morgan fingerprint density at radius 3 is 3.20 bits per heavy atom. The lowest BCUT2D eigenvalue weighted by molar-refractivity contribution is -0.122. The van der Waals surface area contributed by atoms with Crippen molar-refractivity contribution in [2.75, 3.05) is 13.2 Å². The number of hydrogen-bond donors (Lipinski definition) is 0. The van der Waals surface area contributed by atoms with E-state index in [-0.39, 0.29) is 5.41 Å². The molecule has 2 rings (SSSR count). The summed E-state index contributed by atoms with van der Waals surface area (Å²) in [6.45, 7) is 1.56. The summed E-state index contributed by atoms with van der Waals surface area (Å²) in [4.78, 5) is 10.7. The van der Waals surface area contributed by atoms with Crippen LogP contribution in [0.25, 0.3) is 0 Å². The van der Waals surface area contributed by atoms with Crippen molar-refractivity contribution in [3.05, 3.63) is 0 Å². The molecule has 2 bridgehead atoms. The molecule has 0 aromatic rings. The van der Waals surface area contributed by atoms with Crippen LogP contribution in [0.4, 0.5) is 0 Å². The number of ether oxygens (including phenoxy) is 1. The summed E-state index contributed by atoms with van der Waals surface area (Å²) in [5.74, 6) is 0.680. The lowest BCUT2D eigenvalue weighted by Gasteiger charge is -2.26. The van der Waals surface area contributed by atoms with Gasteiger partial charge in [-0.05, 0) is 25.2 Å². The van der Waals surface area contributed by atoms with E-state index in [2.05, 4.69) is 0 Å². The second kappa shape index (κ2) is 2.06. The van der Waals surface area contributed by atoms with Gasteiger partial charge in [0.05, 0.1) is 6.61 Å². The Labute approximate surface area is 60.6 Å². The van der Waals surface area contributed by atoms with E-state index >= 15 is 0 Å². The van der Waals surface area contributed by atoms with E-state index in [1.54, 1.807) is 0 Å². The Morgan fingerprint density at radius 2 is 2.50 bits per heavy atom. The molecule has 0 amide bonds. The molecule has 2 fully saturated rings. The number of carbonyl (C=O) groups excluding carboxylic acids is 1. The van der Waals surface area contributed by atoms with Crippen LogP contribution in [-0.2, 0) is 9.53 Å². The Kier molecular flexibility index (Phi) is 1.31. The molecule has 0 aromatic heterocycles. The van der Waals surface area contributed by atoms with Gasteiger partial charge in [0, 0.05) is 12.0 Å². The maximum Gasteiger partial charge on any atom is 0.128 e. The normalized spacial score (nSPS) is 45.4. The van der Waals surface area contributed by atoms with Crippen molar-refractivity contribution in [2.45, 2.75) is 19.3 Å². The van der Waals surface area contributed by atoms with Gasteiger partial charge >= 0.3 is 0 Å². The summed E-state index contributed by atoms with van der Waals surface area (Å²) >= 11 is 0. The minimum absolute atomic E-state index is 0.0666. The second-order valence-electron chi connectivity index (χ2n) is 3.60. The fraction of sp³-hybridized carbons (Fsp3) is 0.875. The van der Waals surface area contributed by atoms with Crippen LogP contribution in [0.5, 0.6) is 0 Å². The predicted molar refractivity (Wildman–Crippen MR) is 36.7 cm³/mol. The Bertz CT molecular complexity index is 151. The zero-order valence-corrected chi connectivity index (χ0v) is 6.01. The molecule has 1 aliphatic heterocycles. The van der Waals surface area contributed by atoms with Crippen LogP contribution in [0, 0.1) is 11.3 Å². The van der Waals surface area contributed by atoms with Crippen molar-refractivity contribution < 1.29 is 9.53 Å². The van der Waals surface area contributed by atoms with Crippen LogP contribution in [0.1, 0.15) is 19.3 Å². The average Bonchev–Trinajstić information content (AvgIpc) is 2.29. The van der Waals surface area contributed by atoms with Crippen LogP contribution < -0.4 is 0 Å². The molecule has 0 N–H and O–H groups in total. The minimum Gasteiger partial charge on any atom is -0.380 e. The molecule has 0 spiro atoms. The second-order valence-corrected chi connectivity index (χ2v) is 3.60. The third-order valence-corrected chi connectivity index (χ3v) is 2.74. The Morgan fingerprint density at radius 1 is 1.60 bits per heavy atom. The number of carbonyl (C=O) groups is 1. The highest BCUT2D eigenvalue weighted by molar-refractivity contribution is 5.60. The van der Waals surface area contributed by atoms with Crippen LogP contribution >= 0.6 is 0 Å². The van der Waals surface area contributed by atoms with Crippen molar-refractivity contribution in [2.24, 2.45) is 11.3 Å². The first-order valence-electron chi connectivity index (χ1n) is 3.89. The third-order valence-electron chi connectivity index (χ3n) is 2.74.